The Labute approximate surface area is 146 Å². The van der Waals surface area contributed by atoms with Crippen molar-refractivity contribution in [2.45, 2.75) is 0 Å². The Kier molecular flexibility index (Phi) is 6.59. The van der Waals surface area contributed by atoms with Crippen molar-refractivity contribution < 1.29 is 19.0 Å². The summed E-state index contributed by atoms with van der Waals surface area (Å²) in [6.07, 6.45) is 3.19. The van der Waals surface area contributed by atoms with E-state index < -0.39 is 0 Å². The van der Waals surface area contributed by atoms with Gasteiger partial charge in [-0.1, -0.05) is 12.7 Å². The summed E-state index contributed by atoms with van der Waals surface area (Å²) in [7, 11) is 3.13. The Bertz CT molecular complexity index is 755. The number of nitrogens with one attached hydrogen (secondary N) is 1. The van der Waals surface area contributed by atoms with Gasteiger partial charge in [-0.2, -0.15) is 5.10 Å². The highest BCUT2D eigenvalue weighted by atomic mass is 16.5. The fraction of sp³-hybridized carbons (Fsp3) is 0.158. The number of carbonyl (C=O) groups excluding carboxylic acids is 1. The zero-order chi connectivity index (χ0) is 18.1. The molecule has 1 N–H and O–H groups in total. The van der Waals surface area contributed by atoms with Crippen molar-refractivity contribution in [3.8, 4) is 17.2 Å². The molecule has 0 saturated carbocycles. The number of hydrogen-bond acceptors (Lipinski definition) is 5. The second kappa shape index (κ2) is 9.12. The first kappa shape index (κ1) is 18.1. The molecule has 0 bridgehead atoms. The molecular formula is C19H20N2O4. The molecule has 0 radical (unpaired) electrons. The van der Waals surface area contributed by atoms with E-state index in [1.165, 1.54) is 6.21 Å². The predicted molar refractivity (Wildman–Crippen MR) is 96.7 cm³/mol. The first-order valence-corrected chi connectivity index (χ1v) is 7.57. The molecule has 2 aromatic carbocycles. The normalized spacial score (nSPS) is 10.3. The van der Waals surface area contributed by atoms with Gasteiger partial charge in [-0.15, -0.1) is 0 Å². The summed E-state index contributed by atoms with van der Waals surface area (Å²) in [5.41, 5.74) is 3.73. The van der Waals surface area contributed by atoms with E-state index in [2.05, 4.69) is 17.1 Å². The van der Waals surface area contributed by atoms with Gasteiger partial charge >= 0.3 is 0 Å². The van der Waals surface area contributed by atoms with E-state index in [-0.39, 0.29) is 5.91 Å². The van der Waals surface area contributed by atoms with Gasteiger partial charge in [0, 0.05) is 5.56 Å². The van der Waals surface area contributed by atoms with Crippen LogP contribution < -0.4 is 19.6 Å². The molecule has 0 heterocycles. The van der Waals surface area contributed by atoms with Crippen LogP contribution in [0.3, 0.4) is 0 Å². The van der Waals surface area contributed by atoms with Crippen molar-refractivity contribution >= 4 is 12.1 Å². The molecule has 25 heavy (non-hydrogen) atoms. The minimum atomic E-state index is -0.309. The highest BCUT2D eigenvalue weighted by Crippen LogP contribution is 2.27. The van der Waals surface area contributed by atoms with Crippen molar-refractivity contribution in [2.24, 2.45) is 5.10 Å². The largest absolute Gasteiger partial charge is 0.497 e. The summed E-state index contributed by atoms with van der Waals surface area (Å²) < 4.78 is 15.8. The van der Waals surface area contributed by atoms with E-state index in [4.69, 9.17) is 14.2 Å². The lowest BCUT2D eigenvalue weighted by Gasteiger charge is -2.09. The van der Waals surface area contributed by atoms with Crippen LogP contribution in [-0.2, 0) is 0 Å². The Hall–Kier alpha value is -3.28. The van der Waals surface area contributed by atoms with Crippen LogP contribution in [0.25, 0.3) is 0 Å². The van der Waals surface area contributed by atoms with Gasteiger partial charge in [0.15, 0.2) is 11.5 Å². The molecule has 1 amide bonds. The summed E-state index contributed by atoms with van der Waals surface area (Å²) in [5, 5.41) is 3.96. The molecule has 2 aromatic rings. The summed E-state index contributed by atoms with van der Waals surface area (Å²) in [4.78, 5) is 12.0. The van der Waals surface area contributed by atoms with Gasteiger partial charge in [-0.3, -0.25) is 4.79 Å². The van der Waals surface area contributed by atoms with Gasteiger partial charge in [0.05, 0.1) is 20.4 Å². The van der Waals surface area contributed by atoms with Crippen LogP contribution in [0.2, 0.25) is 0 Å². The number of ether oxygens (including phenoxy) is 3. The number of benzene rings is 2. The molecule has 0 spiro atoms. The molecule has 0 aliphatic heterocycles. The zero-order valence-electron chi connectivity index (χ0n) is 14.2. The third-order valence-electron chi connectivity index (χ3n) is 3.28. The van der Waals surface area contributed by atoms with Crippen LogP contribution in [0.1, 0.15) is 15.9 Å². The van der Waals surface area contributed by atoms with Crippen molar-refractivity contribution in [1.82, 2.24) is 5.43 Å². The van der Waals surface area contributed by atoms with Gasteiger partial charge in [0.2, 0.25) is 0 Å². The third-order valence-corrected chi connectivity index (χ3v) is 3.28. The first-order valence-electron chi connectivity index (χ1n) is 7.57. The molecule has 0 aliphatic carbocycles. The smallest absolute Gasteiger partial charge is 0.271 e. The van der Waals surface area contributed by atoms with Gasteiger partial charge in [-0.25, -0.2) is 5.43 Å². The molecule has 0 aromatic heterocycles. The zero-order valence-corrected chi connectivity index (χ0v) is 14.2. The van der Waals surface area contributed by atoms with Gasteiger partial charge in [-0.05, 0) is 48.0 Å². The monoisotopic (exact) mass is 340 g/mol. The molecule has 130 valence electrons. The maximum atomic E-state index is 12.0. The second-order valence-electron chi connectivity index (χ2n) is 4.94. The van der Waals surface area contributed by atoms with Crippen molar-refractivity contribution in [2.75, 3.05) is 20.8 Å². The number of carbonyl (C=O) groups is 1. The fourth-order valence-corrected chi connectivity index (χ4v) is 2.00. The van der Waals surface area contributed by atoms with Gasteiger partial charge < -0.3 is 14.2 Å². The lowest BCUT2D eigenvalue weighted by Crippen LogP contribution is -2.17. The third kappa shape index (κ3) is 5.10. The topological polar surface area (TPSA) is 69.2 Å². The Morgan fingerprint density at radius 2 is 1.88 bits per heavy atom. The van der Waals surface area contributed by atoms with Crippen LogP contribution in [0.5, 0.6) is 17.2 Å². The molecule has 0 aliphatic rings. The van der Waals surface area contributed by atoms with E-state index in [1.54, 1.807) is 56.7 Å². The lowest BCUT2D eigenvalue weighted by molar-refractivity contribution is 0.0955. The van der Waals surface area contributed by atoms with E-state index >= 15 is 0 Å². The highest BCUT2D eigenvalue weighted by molar-refractivity contribution is 5.95. The second-order valence-corrected chi connectivity index (χ2v) is 4.94. The Morgan fingerprint density at radius 1 is 1.12 bits per heavy atom. The number of amides is 1. The predicted octanol–water partition coefficient (Wildman–Crippen LogP) is 3.03. The summed E-state index contributed by atoms with van der Waals surface area (Å²) >= 11 is 0. The van der Waals surface area contributed by atoms with Crippen molar-refractivity contribution in [1.29, 1.82) is 0 Å². The van der Waals surface area contributed by atoms with E-state index in [0.29, 0.717) is 29.4 Å². The molecule has 6 heteroatoms. The molecule has 0 fully saturated rings. The molecular weight excluding hydrogens is 320 g/mol. The van der Waals surface area contributed by atoms with Crippen LogP contribution in [0.4, 0.5) is 0 Å². The van der Waals surface area contributed by atoms with E-state index in [9.17, 15) is 4.79 Å². The number of nitrogens with zero attached hydrogens (tertiary/aromatic N) is 1. The average Bonchev–Trinajstić information content (AvgIpc) is 2.66. The summed E-state index contributed by atoms with van der Waals surface area (Å²) in [6, 6.07) is 12.1. The summed E-state index contributed by atoms with van der Waals surface area (Å²) in [6.45, 7) is 4.00. The fourth-order valence-electron chi connectivity index (χ4n) is 2.00. The van der Waals surface area contributed by atoms with E-state index in [1.807, 2.05) is 6.07 Å². The van der Waals surface area contributed by atoms with Gasteiger partial charge in [0.25, 0.3) is 5.91 Å². The van der Waals surface area contributed by atoms with Crippen LogP contribution >= 0.6 is 0 Å². The van der Waals surface area contributed by atoms with Crippen molar-refractivity contribution in [3.05, 3.63) is 66.2 Å². The quantitative estimate of drug-likeness (QED) is 0.456. The number of hydrogen-bond donors (Lipinski definition) is 1. The maximum absolute atomic E-state index is 12.0. The van der Waals surface area contributed by atoms with Crippen LogP contribution in [0.15, 0.2) is 60.2 Å². The minimum absolute atomic E-state index is 0.309. The SMILES string of the molecule is C=CCOc1ccc(/C=N\NC(=O)c2ccc(OC)cc2)cc1OC. The molecule has 0 saturated heterocycles. The Balaban J connectivity index is 2.00. The Morgan fingerprint density at radius 3 is 2.52 bits per heavy atom. The first-order chi connectivity index (χ1) is 12.2. The molecule has 0 unspecified atom stereocenters. The number of methoxy groups -OCH3 is 2. The highest BCUT2D eigenvalue weighted by Gasteiger charge is 2.06. The molecule has 2 rings (SSSR count). The van der Waals surface area contributed by atoms with Crippen molar-refractivity contribution in [3.63, 3.8) is 0 Å². The van der Waals surface area contributed by atoms with Gasteiger partial charge in [0.1, 0.15) is 12.4 Å². The average molecular weight is 340 g/mol. The molecule has 0 atom stereocenters. The number of hydrazone groups is 1. The number of rotatable bonds is 8. The maximum Gasteiger partial charge on any atom is 0.271 e. The van der Waals surface area contributed by atoms with Crippen LogP contribution in [-0.4, -0.2) is 32.9 Å². The van der Waals surface area contributed by atoms with Crippen LogP contribution in [0, 0.1) is 0 Å². The van der Waals surface area contributed by atoms with E-state index in [0.717, 1.165) is 5.56 Å². The molecule has 6 nitrogen and oxygen atoms in total. The minimum Gasteiger partial charge on any atom is -0.497 e. The standard InChI is InChI=1S/C19H20N2O4/c1-4-11-25-17-10-5-14(12-18(17)24-3)13-20-21-19(22)15-6-8-16(23-2)9-7-15/h4-10,12-13H,1,11H2,2-3H3,(H,21,22)/b20-13-. The summed E-state index contributed by atoms with van der Waals surface area (Å²) in [5.74, 6) is 1.57. The lowest BCUT2D eigenvalue weighted by atomic mass is 10.2.